The van der Waals surface area contributed by atoms with Crippen molar-refractivity contribution in [2.75, 3.05) is 26.3 Å². The average Bonchev–Trinajstić information content (AvgIpc) is 2.74. The Bertz CT molecular complexity index is 635. The summed E-state index contributed by atoms with van der Waals surface area (Å²) in [5.41, 5.74) is 0.288. The first-order chi connectivity index (χ1) is 11.8. The van der Waals surface area contributed by atoms with Crippen LogP contribution in [0.3, 0.4) is 0 Å². The lowest BCUT2D eigenvalue weighted by Gasteiger charge is -2.21. The summed E-state index contributed by atoms with van der Waals surface area (Å²) in [6, 6.07) is 4.38. The van der Waals surface area contributed by atoms with Crippen LogP contribution in [0, 0.1) is 0 Å². The van der Waals surface area contributed by atoms with Crippen LogP contribution in [0.15, 0.2) is 18.2 Å². The maximum Gasteiger partial charge on any atom is 0.341 e. The van der Waals surface area contributed by atoms with Gasteiger partial charge in [-0.1, -0.05) is 0 Å². The minimum absolute atomic E-state index is 0.00688. The van der Waals surface area contributed by atoms with Gasteiger partial charge in [0.25, 0.3) is 5.91 Å². The monoisotopic (exact) mass is 357 g/mol. The number of halogens is 2. The van der Waals surface area contributed by atoms with E-state index in [-0.39, 0.29) is 55.3 Å². The van der Waals surface area contributed by atoms with Crippen molar-refractivity contribution in [2.24, 2.45) is 0 Å². The first kappa shape index (κ1) is 19.0. The summed E-state index contributed by atoms with van der Waals surface area (Å²) < 4.78 is 37.4. The van der Waals surface area contributed by atoms with Crippen molar-refractivity contribution in [3.05, 3.63) is 23.8 Å². The molecule has 0 atom stereocenters. The Balaban J connectivity index is 2.16. The molecular formula is C17H21F2NO5. The zero-order valence-corrected chi connectivity index (χ0v) is 14.0. The molecule has 0 aromatic heterocycles. The lowest BCUT2D eigenvalue weighted by atomic mass is 10.1. The highest BCUT2D eigenvalue weighted by molar-refractivity contribution is 5.95. The van der Waals surface area contributed by atoms with E-state index in [1.807, 2.05) is 0 Å². The van der Waals surface area contributed by atoms with E-state index >= 15 is 0 Å². The largest absolute Gasteiger partial charge is 0.490 e. The number of hydrogen-bond acceptors (Lipinski definition) is 4. The Hall–Kier alpha value is -2.38. The molecule has 138 valence electrons. The van der Waals surface area contributed by atoms with E-state index in [4.69, 9.17) is 14.6 Å². The van der Waals surface area contributed by atoms with Gasteiger partial charge in [0.05, 0.1) is 6.61 Å². The molecule has 1 heterocycles. The number of likely N-dealkylation sites (tertiary alicyclic amines) is 1. The van der Waals surface area contributed by atoms with Gasteiger partial charge < -0.3 is 19.5 Å². The molecule has 0 radical (unpaired) electrons. The number of carboxylic acid groups (broad SMARTS) is 1. The molecule has 1 aromatic rings. The molecule has 0 saturated carbocycles. The lowest BCUT2D eigenvalue weighted by Crippen LogP contribution is -2.32. The second-order valence-electron chi connectivity index (χ2n) is 5.78. The number of rotatable bonds is 6. The Morgan fingerprint density at radius 1 is 1.20 bits per heavy atom. The number of carbonyl (C=O) groups is 2. The fourth-order valence-electron chi connectivity index (χ4n) is 2.62. The maximum absolute atomic E-state index is 13.4. The number of alkyl halides is 2. The van der Waals surface area contributed by atoms with Gasteiger partial charge in [-0.05, 0) is 31.5 Å². The van der Waals surface area contributed by atoms with E-state index < -0.39 is 18.5 Å². The molecule has 1 aliphatic rings. The Labute approximate surface area is 144 Å². The van der Waals surface area contributed by atoms with Gasteiger partial charge in [0.2, 0.25) is 5.92 Å². The zero-order valence-electron chi connectivity index (χ0n) is 14.0. The van der Waals surface area contributed by atoms with Gasteiger partial charge in [0, 0.05) is 31.5 Å². The van der Waals surface area contributed by atoms with Crippen LogP contribution in [-0.2, 0) is 4.79 Å². The van der Waals surface area contributed by atoms with Gasteiger partial charge in [-0.2, -0.15) is 0 Å². The van der Waals surface area contributed by atoms with Crippen molar-refractivity contribution in [3.8, 4) is 11.5 Å². The molecule has 1 saturated heterocycles. The van der Waals surface area contributed by atoms with Crippen molar-refractivity contribution >= 4 is 11.9 Å². The summed E-state index contributed by atoms with van der Waals surface area (Å²) in [5.74, 6) is -3.77. The van der Waals surface area contributed by atoms with E-state index in [1.165, 1.54) is 23.1 Å². The Kier molecular flexibility index (Phi) is 6.17. The molecule has 1 N–H and O–H groups in total. The summed E-state index contributed by atoms with van der Waals surface area (Å²) in [4.78, 5) is 24.6. The van der Waals surface area contributed by atoms with Crippen molar-refractivity contribution in [3.63, 3.8) is 0 Å². The van der Waals surface area contributed by atoms with Crippen LogP contribution in [0.25, 0.3) is 0 Å². The van der Waals surface area contributed by atoms with Crippen LogP contribution in [-0.4, -0.2) is 54.1 Å². The predicted molar refractivity (Wildman–Crippen MR) is 85.4 cm³/mol. The van der Waals surface area contributed by atoms with Crippen LogP contribution in [0.2, 0.25) is 0 Å². The first-order valence-electron chi connectivity index (χ1n) is 8.11. The normalized spacial score (nSPS) is 16.8. The van der Waals surface area contributed by atoms with E-state index in [0.29, 0.717) is 6.61 Å². The standard InChI is InChI=1S/C17H21F2NO5/c1-2-24-14-10-12(4-5-13(14)25-11-15(21)22)16(23)20-8-3-6-17(18,19)7-9-20/h4-5,10H,2-3,6-9,11H2,1H3,(H,21,22). The second-order valence-corrected chi connectivity index (χ2v) is 5.78. The molecule has 0 bridgehead atoms. The Morgan fingerprint density at radius 3 is 2.64 bits per heavy atom. The van der Waals surface area contributed by atoms with E-state index in [2.05, 4.69) is 0 Å². The summed E-state index contributed by atoms with van der Waals surface area (Å²) >= 11 is 0. The molecule has 1 fully saturated rings. The fraction of sp³-hybridized carbons (Fsp3) is 0.529. The minimum atomic E-state index is -2.74. The average molecular weight is 357 g/mol. The SMILES string of the molecule is CCOc1cc(C(=O)N2CCCC(F)(F)CC2)ccc1OCC(=O)O. The van der Waals surface area contributed by atoms with E-state index in [1.54, 1.807) is 6.92 Å². The molecular weight excluding hydrogens is 336 g/mol. The summed E-state index contributed by atoms with van der Waals surface area (Å²) in [6.07, 6.45) is -0.323. The molecule has 1 aromatic carbocycles. The van der Waals surface area contributed by atoms with Gasteiger partial charge in [-0.3, -0.25) is 4.79 Å². The second kappa shape index (κ2) is 8.13. The molecule has 0 unspecified atom stereocenters. The highest BCUT2D eigenvalue weighted by Crippen LogP contribution is 2.31. The predicted octanol–water partition coefficient (Wildman–Crippen LogP) is 2.81. The number of benzene rings is 1. The molecule has 0 spiro atoms. The van der Waals surface area contributed by atoms with Gasteiger partial charge in [0.15, 0.2) is 18.1 Å². The number of amides is 1. The summed E-state index contributed by atoms with van der Waals surface area (Å²) in [6.45, 7) is 1.78. The number of ether oxygens (including phenoxy) is 2. The van der Waals surface area contributed by atoms with Crippen molar-refractivity contribution in [1.29, 1.82) is 0 Å². The number of carboxylic acids is 1. The maximum atomic E-state index is 13.4. The zero-order chi connectivity index (χ0) is 18.4. The number of aliphatic carboxylic acids is 1. The third-order valence-electron chi connectivity index (χ3n) is 3.85. The van der Waals surface area contributed by atoms with Crippen molar-refractivity contribution in [2.45, 2.75) is 32.1 Å². The van der Waals surface area contributed by atoms with Gasteiger partial charge >= 0.3 is 5.97 Å². The van der Waals surface area contributed by atoms with Crippen LogP contribution in [0.5, 0.6) is 11.5 Å². The molecule has 8 heteroatoms. The molecule has 25 heavy (non-hydrogen) atoms. The molecule has 2 rings (SSSR count). The fourth-order valence-corrected chi connectivity index (χ4v) is 2.62. The minimum Gasteiger partial charge on any atom is -0.490 e. The number of carbonyl (C=O) groups excluding carboxylic acids is 1. The quantitative estimate of drug-likeness (QED) is 0.847. The summed E-state index contributed by atoms with van der Waals surface area (Å²) in [5, 5.41) is 8.69. The Morgan fingerprint density at radius 2 is 1.96 bits per heavy atom. The van der Waals surface area contributed by atoms with Crippen LogP contribution in [0.4, 0.5) is 8.78 Å². The molecule has 0 aliphatic carbocycles. The van der Waals surface area contributed by atoms with E-state index in [9.17, 15) is 18.4 Å². The molecule has 1 amide bonds. The van der Waals surface area contributed by atoms with Crippen LogP contribution >= 0.6 is 0 Å². The highest BCUT2D eigenvalue weighted by atomic mass is 19.3. The van der Waals surface area contributed by atoms with Gasteiger partial charge in [0.1, 0.15) is 0 Å². The van der Waals surface area contributed by atoms with Crippen molar-refractivity contribution in [1.82, 2.24) is 4.90 Å². The molecule has 1 aliphatic heterocycles. The highest BCUT2D eigenvalue weighted by Gasteiger charge is 2.33. The van der Waals surface area contributed by atoms with Gasteiger partial charge in [-0.25, -0.2) is 13.6 Å². The number of hydrogen-bond donors (Lipinski definition) is 1. The van der Waals surface area contributed by atoms with Crippen LogP contribution < -0.4 is 9.47 Å². The third kappa shape index (κ3) is 5.30. The topological polar surface area (TPSA) is 76.1 Å². The van der Waals surface area contributed by atoms with Gasteiger partial charge in [-0.15, -0.1) is 0 Å². The lowest BCUT2D eigenvalue weighted by molar-refractivity contribution is -0.139. The van der Waals surface area contributed by atoms with Crippen LogP contribution in [0.1, 0.15) is 36.5 Å². The van der Waals surface area contributed by atoms with Crippen molar-refractivity contribution < 1.29 is 33.0 Å². The number of nitrogens with zero attached hydrogens (tertiary/aromatic N) is 1. The van der Waals surface area contributed by atoms with E-state index in [0.717, 1.165) is 0 Å². The summed E-state index contributed by atoms with van der Waals surface area (Å²) in [7, 11) is 0. The first-order valence-corrected chi connectivity index (χ1v) is 8.11. The molecule has 6 nitrogen and oxygen atoms in total. The third-order valence-corrected chi connectivity index (χ3v) is 3.85. The smallest absolute Gasteiger partial charge is 0.341 e.